The molecule has 3 heterocycles. The van der Waals surface area contributed by atoms with E-state index < -0.39 is 0 Å². The van der Waals surface area contributed by atoms with Crippen molar-refractivity contribution >= 4 is 28.0 Å². The Hall–Kier alpha value is -3.08. The average Bonchev–Trinajstić information content (AvgIpc) is 3.15. The molecule has 0 atom stereocenters. The van der Waals surface area contributed by atoms with Crippen LogP contribution in [0.1, 0.15) is 30.0 Å². The van der Waals surface area contributed by atoms with E-state index in [1.165, 1.54) is 33.2 Å². The standard InChI is InChI=1S/C22H25N5/c1-14-10-15(2)22(25-12-14)27-9-7-21(26-23)19(13-27)16(3)17-4-5-20-18(11-17)6-8-24-20/h4-6,8,10-12,24H,7,9,13,23H2,1-3H3/b19-16+,26-21-. The number of aryl methyl sites for hydroxylation is 2. The van der Waals surface area contributed by atoms with Crippen LogP contribution in [0, 0.1) is 13.8 Å². The van der Waals surface area contributed by atoms with Gasteiger partial charge in [0, 0.05) is 37.4 Å². The fraction of sp³-hybridized carbons (Fsp3) is 0.273. The summed E-state index contributed by atoms with van der Waals surface area (Å²) in [4.78, 5) is 10.3. The largest absolute Gasteiger partial charge is 0.361 e. The van der Waals surface area contributed by atoms with Crippen molar-refractivity contribution in [2.75, 3.05) is 18.0 Å². The second-order valence-corrected chi connectivity index (χ2v) is 7.28. The molecule has 1 fully saturated rings. The van der Waals surface area contributed by atoms with E-state index in [-0.39, 0.29) is 0 Å². The van der Waals surface area contributed by atoms with Crippen molar-refractivity contribution in [1.29, 1.82) is 0 Å². The van der Waals surface area contributed by atoms with Crippen molar-refractivity contribution in [3.8, 4) is 0 Å². The van der Waals surface area contributed by atoms with Crippen LogP contribution < -0.4 is 10.7 Å². The Bertz CT molecular complexity index is 1060. The molecule has 0 saturated carbocycles. The Morgan fingerprint density at radius 1 is 1.22 bits per heavy atom. The van der Waals surface area contributed by atoms with Crippen molar-refractivity contribution < 1.29 is 0 Å². The lowest BCUT2D eigenvalue weighted by atomic mass is 9.92. The number of hydrogen-bond donors (Lipinski definition) is 2. The minimum atomic E-state index is 0.768. The summed E-state index contributed by atoms with van der Waals surface area (Å²) < 4.78 is 0. The number of H-pyrrole nitrogens is 1. The zero-order valence-corrected chi connectivity index (χ0v) is 16.1. The number of anilines is 1. The molecular weight excluding hydrogens is 334 g/mol. The Labute approximate surface area is 159 Å². The van der Waals surface area contributed by atoms with Crippen LogP contribution >= 0.6 is 0 Å². The molecule has 2 aromatic heterocycles. The van der Waals surface area contributed by atoms with E-state index >= 15 is 0 Å². The van der Waals surface area contributed by atoms with Crippen LogP contribution in [-0.2, 0) is 0 Å². The SMILES string of the molecule is C/C(=C1/CN(c2ncc(C)cc2C)CC/C1=N/N)c1ccc2[nH]ccc2c1. The number of pyridine rings is 1. The molecule has 27 heavy (non-hydrogen) atoms. The maximum absolute atomic E-state index is 5.73. The summed E-state index contributed by atoms with van der Waals surface area (Å²) in [7, 11) is 0. The Balaban J connectivity index is 1.74. The van der Waals surface area contributed by atoms with Crippen LogP contribution in [0.15, 0.2) is 53.4 Å². The minimum Gasteiger partial charge on any atom is -0.361 e. The molecule has 3 aromatic rings. The first kappa shape index (κ1) is 17.3. The summed E-state index contributed by atoms with van der Waals surface area (Å²) in [6, 6.07) is 10.8. The minimum absolute atomic E-state index is 0.768. The van der Waals surface area contributed by atoms with Gasteiger partial charge in [-0.05, 0) is 72.2 Å². The Morgan fingerprint density at radius 2 is 2.07 bits per heavy atom. The normalized spacial score (nSPS) is 18.3. The predicted molar refractivity (Wildman–Crippen MR) is 113 cm³/mol. The quantitative estimate of drug-likeness (QED) is 0.533. The highest BCUT2D eigenvalue weighted by molar-refractivity contribution is 6.08. The molecule has 1 aromatic carbocycles. The van der Waals surface area contributed by atoms with Crippen LogP contribution in [0.3, 0.4) is 0 Å². The molecule has 0 bridgehead atoms. The third kappa shape index (κ3) is 3.21. The molecule has 1 saturated heterocycles. The van der Waals surface area contributed by atoms with Crippen LogP contribution in [-0.4, -0.2) is 28.8 Å². The van der Waals surface area contributed by atoms with Crippen LogP contribution in [0.4, 0.5) is 5.82 Å². The van der Waals surface area contributed by atoms with Crippen molar-refractivity contribution in [1.82, 2.24) is 9.97 Å². The number of aromatic nitrogens is 2. The van der Waals surface area contributed by atoms with E-state index in [0.717, 1.165) is 36.6 Å². The van der Waals surface area contributed by atoms with Gasteiger partial charge < -0.3 is 15.7 Å². The molecule has 1 aliphatic heterocycles. The molecular formula is C22H25N5. The molecule has 0 spiro atoms. The van der Waals surface area contributed by atoms with Gasteiger partial charge in [0.1, 0.15) is 5.82 Å². The van der Waals surface area contributed by atoms with Crippen LogP contribution in [0.5, 0.6) is 0 Å². The molecule has 0 unspecified atom stereocenters. The van der Waals surface area contributed by atoms with E-state index in [2.05, 4.69) is 71.1 Å². The summed E-state index contributed by atoms with van der Waals surface area (Å²) in [5.74, 6) is 6.78. The summed E-state index contributed by atoms with van der Waals surface area (Å²) in [5, 5.41) is 5.31. The van der Waals surface area contributed by atoms with E-state index in [9.17, 15) is 0 Å². The van der Waals surface area contributed by atoms with Crippen molar-refractivity contribution in [2.24, 2.45) is 10.9 Å². The molecule has 1 aliphatic rings. The molecule has 4 rings (SSSR count). The topological polar surface area (TPSA) is 70.3 Å². The number of hydrazone groups is 1. The lowest BCUT2D eigenvalue weighted by molar-refractivity contribution is 0.801. The first-order chi connectivity index (χ1) is 13.1. The molecule has 0 aliphatic carbocycles. The predicted octanol–water partition coefficient (Wildman–Crippen LogP) is 4.18. The number of nitrogens with two attached hydrogens (primary N) is 1. The van der Waals surface area contributed by atoms with Crippen molar-refractivity contribution in [2.45, 2.75) is 27.2 Å². The van der Waals surface area contributed by atoms with Crippen LogP contribution in [0.2, 0.25) is 0 Å². The third-order valence-corrected chi connectivity index (χ3v) is 5.40. The summed E-state index contributed by atoms with van der Waals surface area (Å²) in [5.41, 5.74) is 8.14. The zero-order valence-electron chi connectivity index (χ0n) is 16.1. The number of piperidine rings is 1. The number of hydrogen-bond acceptors (Lipinski definition) is 4. The fourth-order valence-electron chi connectivity index (χ4n) is 3.91. The van der Waals surface area contributed by atoms with Crippen molar-refractivity contribution in [3.63, 3.8) is 0 Å². The highest BCUT2D eigenvalue weighted by Crippen LogP contribution is 2.29. The highest BCUT2D eigenvalue weighted by atomic mass is 15.2. The molecule has 0 radical (unpaired) electrons. The maximum atomic E-state index is 5.73. The van der Waals surface area contributed by atoms with E-state index in [4.69, 9.17) is 5.84 Å². The van der Waals surface area contributed by atoms with Gasteiger partial charge in [-0.2, -0.15) is 5.10 Å². The maximum Gasteiger partial charge on any atom is 0.131 e. The lowest BCUT2D eigenvalue weighted by Crippen LogP contribution is -2.37. The Morgan fingerprint density at radius 3 is 2.85 bits per heavy atom. The van der Waals surface area contributed by atoms with Crippen LogP contribution in [0.25, 0.3) is 16.5 Å². The molecule has 3 N–H and O–H groups in total. The highest BCUT2D eigenvalue weighted by Gasteiger charge is 2.24. The van der Waals surface area contributed by atoms with E-state index in [1.807, 2.05) is 12.4 Å². The number of aromatic amines is 1. The zero-order chi connectivity index (χ0) is 19.0. The van der Waals surface area contributed by atoms with Crippen molar-refractivity contribution in [3.05, 3.63) is 65.0 Å². The molecule has 138 valence electrons. The summed E-state index contributed by atoms with van der Waals surface area (Å²) >= 11 is 0. The average molecular weight is 359 g/mol. The van der Waals surface area contributed by atoms with Gasteiger partial charge in [-0.3, -0.25) is 0 Å². The number of nitrogens with zero attached hydrogens (tertiary/aromatic N) is 3. The molecule has 5 nitrogen and oxygen atoms in total. The van der Waals surface area contributed by atoms with E-state index in [0.29, 0.717) is 0 Å². The first-order valence-corrected chi connectivity index (χ1v) is 9.29. The van der Waals surface area contributed by atoms with Gasteiger partial charge >= 0.3 is 0 Å². The molecule has 0 amide bonds. The first-order valence-electron chi connectivity index (χ1n) is 9.29. The van der Waals surface area contributed by atoms with Gasteiger partial charge in [-0.25, -0.2) is 4.98 Å². The Kier molecular flexibility index (Phi) is 4.44. The van der Waals surface area contributed by atoms with Gasteiger partial charge in [0.15, 0.2) is 0 Å². The lowest BCUT2D eigenvalue weighted by Gasteiger charge is -2.32. The number of benzene rings is 1. The second kappa shape index (κ2) is 6.91. The number of nitrogens with one attached hydrogen (secondary N) is 1. The summed E-state index contributed by atoms with van der Waals surface area (Å²) in [6.45, 7) is 8.00. The second-order valence-electron chi connectivity index (χ2n) is 7.28. The van der Waals surface area contributed by atoms with Gasteiger partial charge in [-0.1, -0.05) is 12.1 Å². The number of allylic oxidation sites excluding steroid dienone is 1. The van der Waals surface area contributed by atoms with Gasteiger partial charge in [0.25, 0.3) is 0 Å². The smallest absolute Gasteiger partial charge is 0.131 e. The third-order valence-electron chi connectivity index (χ3n) is 5.40. The number of rotatable bonds is 2. The van der Waals surface area contributed by atoms with Gasteiger partial charge in [0.2, 0.25) is 0 Å². The van der Waals surface area contributed by atoms with E-state index in [1.54, 1.807) is 0 Å². The summed E-state index contributed by atoms with van der Waals surface area (Å²) in [6.07, 6.45) is 4.73. The fourth-order valence-corrected chi connectivity index (χ4v) is 3.91. The number of fused-ring (bicyclic) bond motifs is 1. The monoisotopic (exact) mass is 359 g/mol. The molecule has 5 heteroatoms. The van der Waals surface area contributed by atoms with Gasteiger partial charge in [-0.15, -0.1) is 0 Å². The van der Waals surface area contributed by atoms with Gasteiger partial charge in [0.05, 0.1) is 5.71 Å².